The van der Waals surface area contributed by atoms with Crippen molar-refractivity contribution in [3.05, 3.63) is 35.9 Å². The van der Waals surface area contributed by atoms with Gasteiger partial charge in [0.2, 0.25) is 5.91 Å². The Morgan fingerprint density at radius 2 is 1.83 bits per heavy atom. The molecule has 1 heterocycles. The molecule has 6 nitrogen and oxygen atoms in total. The number of likely N-dealkylation sites (N-methyl/N-ethyl adjacent to an activating group) is 1. The summed E-state index contributed by atoms with van der Waals surface area (Å²) in [5.74, 6) is -0.483. The number of urea groups is 1. The summed E-state index contributed by atoms with van der Waals surface area (Å²) in [6.45, 7) is 0.254. The standard InChI is InChI=1S/C18H23N3O3/c1-20(12-14-8-4-2-5-9-14)15(22)13-21-16(23)18(19-17(21)24)10-6-3-7-11-18/h2,4-5,8-9H,3,6-7,10-13H2,1H3,(H,19,24). The van der Waals surface area contributed by atoms with Crippen LogP contribution in [0.25, 0.3) is 0 Å². The Morgan fingerprint density at radius 1 is 1.17 bits per heavy atom. The largest absolute Gasteiger partial charge is 0.340 e. The van der Waals surface area contributed by atoms with Crippen LogP contribution < -0.4 is 5.32 Å². The van der Waals surface area contributed by atoms with Crippen LogP contribution in [0, 0.1) is 0 Å². The van der Waals surface area contributed by atoms with Crippen LogP contribution in [0.5, 0.6) is 0 Å². The van der Waals surface area contributed by atoms with Crippen molar-refractivity contribution in [1.82, 2.24) is 15.1 Å². The maximum absolute atomic E-state index is 12.7. The van der Waals surface area contributed by atoms with Crippen molar-refractivity contribution in [2.45, 2.75) is 44.2 Å². The second-order valence-corrected chi connectivity index (χ2v) is 6.70. The van der Waals surface area contributed by atoms with Crippen LogP contribution >= 0.6 is 0 Å². The highest BCUT2D eigenvalue weighted by molar-refractivity contribution is 6.09. The number of carbonyl (C=O) groups is 3. The first kappa shape index (κ1) is 16.5. The lowest BCUT2D eigenvalue weighted by Gasteiger charge is -2.30. The first-order valence-electron chi connectivity index (χ1n) is 8.44. The molecule has 0 atom stereocenters. The second kappa shape index (κ2) is 6.63. The Kier molecular flexibility index (Phi) is 4.55. The Balaban J connectivity index is 1.63. The fraction of sp³-hybridized carbons (Fsp3) is 0.500. The van der Waals surface area contributed by atoms with E-state index in [1.54, 1.807) is 11.9 Å². The fourth-order valence-corrected chi connectivity index (χ4v) is 3.52. The summed E-state index contributed by atoms with van der Waals surface area (Å²) in [6, 6.07) is 9.18. The molecule has 6 heteroatoms. The summed E-state index contributed by atoms with van der Waals surface area (Å²) in [5, 5.41) is 2.83. The van der Waals surface area contributed by atoms with Crippen LogP contribution in [0.4, 0.5) is 4.79 Å². The van der Waals surface area contributed by atoms with Gasteiger partial charge in [0.25, 0.3) is 5.91 Å². The molecule has 1 N–H and O–H groups in total. The van der Waals surface area contributed by atoms with Crippen molar-refractivity contribution >= 4 is 17.8 Å². The molecule has 1 spiro atoms. The van der Waals surface area contributed by atoms with Gasteiger partial charge in [-0.1, -0.05) is 49.6 Å². The molecule has 2 fully saturated rings. The number of hydrogen-bond donors (Lipinski definition) is 1. The molecule has 0 radical (unpaired) electrons. The van der Waals surface area contributed by atoms with Crippen LogP contribution in [-0.4, -0.2) is 46.8 Å². The molecule has 0 unspecified atom stereocenters. The highest BCUT2D eigenvalue weighted by Crippen LogP contribution is 2.33. The number of amides is 4. The van der Waals surface area contributed by atoms with Gasteiger partial charge in [0, 0.05) is 13.6 Å². The smallest absolute Gasteiger partial charge is 0.325 e. The van der Waals surface area contributed by atoms with E-state index in [1.165, 1.54) is 0 Å². The van der Waals surface area contributed by atoms with Crippen molar-refractivity contribution in [2.24, 2.45) is 0 Å². The summed E-state index contributed by atoms with van der Waals surface area (Å²) >= 11 is 0. The third-order valence-corrected chi connectivity index (χ3v) is 4.93. The van der Waals surface area contributed by atoms with Crippen molar-refractivity contribution in [2.75, 3.05) is 13.6 Å². The summed E-state index contributed by atoms with van der Waals surface area (Å²) in [5.41, 5.74) is 0.238. The first-order chi connectivity index (χ1) is 11.5. The van der Waals surface area contributed by atoms with Crippen LogP contribution in [0.15, 0.2) is 30.3 Å². The van der Waals surface area contributed by atoms with Gasteiger partial charge >= 0.3 is 6.03 Å². The Morgan fingerprint density at radius 3 is 2.50 bits per heavy atom. The average Bonchev–Trinajstić information content (AvgIpc) is 2.80. The van der Waals surface area contributed by atoms with Gasteiger partial charge < -0.3 is 10.2 Å². The van der Waals surface area contributed by atoms with Crippen LogP contribution in [0.2, 0.25) is 0 Å². The molecule has 1 aromatic rings. The summed E-state index contributed by atoms with van der Waals surface area (Å²) in [4.78, 5) is 39.9. The minimum Gasteiger partial charge on any atom is -0.340 e. The van der Waals surface area contributed by atoms with E-state index in [0.717, 1.165) is 29.7 Å². The lowest BCUT2D eigenvalue weighted by Crippen LogP contribution is -2.49. The van der Waals surface area contributed by atoms with Gasteiger partial charge in [-0.2, -0.15) is 0 Å². The number of imide groups is 1. The maximum atomic E-state index is 12.7. The summed E-state index contributed by atoms with van der Waals surface area (Å²) in [7, 11) is 1.68. The highest BCUT2D eigenvalue weighted by atomic mass is 16.2. The molecular formula is C18H23N3O3. The molecular weight excluding hydrogens is 306 g/mol. The zero-order chi connectivity index (χ0) is 17.2. The zero-order valence-corrected chi connectivity index (χ0v) is 14.0. The molecule has 3 rings (SSSR count). The van der Waals surface area contributed by atoms with E-state index in [1.807, 2.05) is 30.3 Å². The minimum atomic E-state index is -0.770. The van der Waals surface area contributed by atoms with Crippen molar-refractivity contribution in [3.8, 4) is 0 Å². The molecule has 1 aliphatic carbocycles. The highest BCUT2D eigenvalue weighted by Gasteiger charge is 2.51. The van der Waals surface area contributed by atoms with Crippen molar-refractivity contribution < 1.29 is 14.4 Å². The fourth-order valence-electron chi connectivity index (χ4n) is 3.52. The van der Waals surface area contributed by atoms with Gasteiger partial charge in [-0.05, 0) is 18.4 Å². The predicted octanol–water partition coefficient (Wildman–Crippen LogP) is 1.90. The monoisotopic (exact) mass is 329 g/mol. The van der Waals surface area contributed by atoms with Gasteiger partial charge in [-0.25, -0.2) is 4.79 Å². The first-order valence-corrected chi connectivity index (χ1v) is 8.44. The van der Waals surface area contributed by atoms with E-state index in [9.17, 15) is 14.4 Å². The van der Waals surface area contributed by atoms with Gasteiger partial charge in [0.1, 0.15) is 12.1 Å². The number of benzene rings is 1. The van der Waals surface area contributed by atoms with E-state index >= 15 is 0 Å². The number of hydrogen-bond acceptors (Lipinski definition) is 3. The van der Waals surface area contributed by atoms with Crippen LogP contribution in [0.3, 0.4) is 0 Å². The van der Waals surface area contributed by atoms with Crippen molar-refractivity contribution in [3.63, 3.8) is 0 Å². The molecule has 1 saturated carbocycles. The van der Waals surface area contributed by atoms with E-state index in [2.05, 4.69) is 5.32 Å². The topological polar surface area (TPSA) is 69.7 Å². The lowest BCUT2D eigenvalue weighted by atomic mass is 9.82. The Bertz CT molecular complexity index is 638. The lowest BCUT2D eigenvalue weighted by molar-refractivity contribution is -0.139. The maximum Gasteiger partial charge on any atom is 0.325 e. The second-order valence-electron chi connectivity index (χ2n) is 6.70. The van der Waals surface area contributed by atoms with Crippen LogP contribution in [-0.2, 0) is 16.1 Å². The molecule has 24 heavy (non-hydrogen) atoms. The number of rotatable bonds is 4. The normalized spacial score (nSPS) is 19.5. The minimum absolute atomic E-state index is 0.199. The average molecular weight is 329 g/mol. The van der Waals surface area contributed by atoms with Gasteiger partial charge in [-0.3, -0.25) is 14.5 Å². The predicted molar refractivity (Wildman–Crippen MR) is 89.0 cm³/mol. The SMILES string of the molecule is CN(Cc1ccccc1)C(=O)CN1C(=O)NC2(CCCCC2)C1=O. The third-order valence-electron chi connectivity index (χ3n) is 4.93. The molecule has 2 aliphatic rings. The molecule has 4 amide bonds. The number of nitrogens with zero attached hydrogens (tertiary/aromatic N) is 2. The van der Waals surface area contributed by atoms with Crippen LogP contribution in [0.1, 0.15) is 37.7 Å². The van der Waals surface area contributed by atoms with Crippen molar-refractivity contribution in [1.29, 1.82) is 0 Å². The molecule has 0 aromatic heterocycles. The van der Waals surface area contributed by atoms with E-state index < -0.39 is 11.6 Å². The van der Waals surface area contributed by atoms with E-state index in [0.29, 0.717) is 19.4 Å². The number of carbonyl (C=O) groups excluding carboxylic acids is 3. The Hall–Kier alpha value is -2.37. The van der Waals surface area contributed by atoms with Gasteiger partial charge in [-0.15, -0.1) is 0 Å². The quantitative estimate of drug-likeness (QED) is 0.858. The molecule has 0 bridgehead atoms. The summed E-state index contributed by atoms with van der Waals surface area (Å²) < 4.78 is 0. The molecule has 1 aromatic carbocycles. The van der Waals surface area contributed by atoms with E-state index in [4.69, 9.17) is 0 Å². The number of nitrogens with one attached hydrogen (secondary N) is 1. The zero-order valence-electron chi connectivity index (χ0n) is 14.0. The Labute approximate surface area is 141 Å². The summed E-state index contributed by atoms with van der Waals surface area (Å²) in [6.07, 6.45) is 4.29. The van der Waals surface area contributed by atoms with Gasteiger partial charge in [0.15, 0.2) is 0 Å². The van der Waals surface area contributed by atoms with E-state index in [-0.39, 0.29) is 18.4 Å². The molecule has 1 saturated heterocycles. The molecule has 128 valence electrons. The van der Waals surface area contributed by atoms with Gasteiger partial charge in [0.05, 0.1) is 0 Å². The third kappa shape index (κ3) is 3.13. The molecule has 1 aliphatic heterocycles.